The van der Waals surface area contributed by atoms with Crippen LogP contribution in [0.2, 0.25) is 0 Å². The zero-order valence-electron chi connectivity index (χ0n) is 10.1. The zero-order chi connectivity index (χ0) is 13.3. The predicted octanol–water partition coefficient (Wildman–Crippen LogP) is 4.31. The van der Waals surface area contributed by atoms with Gasteiger partial charge in [0.05, 0.1) is 5.69 Å². The van der Waals surface area contributed by atoms with Crippen molar-refractivity contribution in [1.82, 2.24) is 9.97 Å². The third kappa shape index (κ3) is 2.82. The summed E-state index contributed by atoms with van der Waals surface area (Å²) >= 11 is 8.53. The molecule has 0 aliphatic rings. The zero-order valence-corrected chi connectivity index (χ0v) is 14.1. The Labute approximate surface area is 127 Å². The largest absolute Gasteiger partial charge is 0.326 e. The second-order valence-electron chi connectivity index (χ2n) is 4.17. The molecule has 0 spiro atoms. The quantitative estimate of drug-likeness (QED) is 0.849. The smallest absolute Gasteiger partial charge is 0.143 e. The van der Waals surface area contributed by atoms with Crippen LogP contribution in [0.15, 0.2) is 21.2 Å². The van der Waals surface area contributed by atoms with Gasteiger partial charge in [-0.05, 0) is 43.8 Å². The van der Waals surface area contributed by atoms with Crippen LogP contribution in [-0.2, 0) is 6.54 Å². The Morgan fingerprint density at radius 3 is 2.61 bits per heavy atom. The van der Waals surface area contributed by atoms with E-state index in [1.165, 1.54) is 0 Å². The number of pyridine rings is 1. The van der Waals surface area contributed by atoms with Gasteiger partial charge in [0, 0.05) is 26.6 Å². The maximum Gasteiger partial charge on any atom is 0.143 e. The van der Waals surface area contributed by atoms with Crippen LogP contribution in [0.3, 0.4) is 0 Å². The van der Waals surface area contributed by atoms with E-state index >= 15 is 0 Å². The van der Waals surface area contributed by atoms with Crippen molar-refractivity contribution in [2.75, 3.05) is 0 Å². The molecule has 6 heteroatoms. The van der Waals surface area contributed by atoms with E-state index in [2.05, 4.69) is 55.7 Å². The van der Waals surface area contributed by atoms with E-state index in [0.29, 0.717) is 12.5 Å². The second-order valence-corrected chi connectivity index (χ2v) is 7.02. The fourth-order valence-corrected chi connectivity index (χ4v) is 4.05. The van der Waals surface area contributed by atoms with Gasteiger partial charge in [0.2, 0.25) is 0 Å². The minimum Gasteiger partial charge on any atom is -0.326 e. The number of rotatable bonds is 3. The Hall–Kier alpha value is -0.300. The maximum atomic E-state index is 5.77. The first-order chi connectivity index (χ1) is 8.52. The summed E-state index contributed by atoms with van der Waals surface area (Å²) in [7, 11) is 0. The molecule has 0 aliphatic carbocycles. The topological polar surface area (TPSA) is 51.8 Å². The van der Waals surface area contributed by atoms with Crippen molar-refractivity contribution in [3.05, 3.63) is 31.8 Å². The molecule has 2 aromatic rings. The number of halogens is 2. The molecule has 0 saturated heterocycles. The van der Waals surface area contributed by atoms with Gasteiger partial charge in [0.15, 0.2) is 0 Å². The van der Waals surface area contributed by atoms with E-state index in [0.717, 1.165) is 30.2 Å². The van der Waals surface area contributed by atoms with Crippen molar-refractivity contribution < 1.29 is 0 Å². The van der Waals surface area contributed by atoms with E-state index in [1.54, 1.807) is 17.5 Å². The first kappa shape index (κ1) is 14.1. The van der Waals surface area contributed by atoms with E-state index in [9.17, 15) is 0 Å². The minimum atomic E-state index is 0.378. The lowest BCUT2D eigenvalue weighted by atomic mass is 10.1. The molecule has 2 heterocycles. The normalized spacial score (nSPS) is 11.2. The van der Waals surface area contributed by atoms with Crippen LogP contribution < -0.4 is 5.73 Å². The average molecular weight is 391 g/mol. The summed E-state index contributed by atoms with van der Waals surface area (Å²) in [6.45, 7) is 4.78. The van der Waals surface area contributed by atoms with Crippen LogP contribution in [0, 0.1) is 0 Å². The summed E-state index contributed by atoms with van der Waals surface area (Å²) in [6.07, 6.45) is 1.78. The third-order valence-electron chi connectivity index (χ3n) is 2.47. The number of thiazole rings is 1. The predicted molar refractivity (Wildman–Crippen MR) is 82.7 cm³/mol. The first-order valence-corrected chi connectivity index (χ1v) is 7.94. The lowest BCUT2D eigenvalue weighted by molar-refractivity contribution is 0.813. The van der Waals surface area contributed by atoms with Crippen LogP contribution in [0.25, 0.3) is 10.7 Å². The molecule has 96 valence electrons. The Morgan fingerprint density at radius 2 is 2.11 bits per heavy atom. The van der Waals surface area contributed by atoms with Gasteiger partial charge in [-0.15, -0.1) is 11.3 Å². The summed E-state index contributed by atoms with van der Waals surface area (Å²) in [5, 5.41) is 0.915. The van der Waals surface area contributed by atoms with Crippen LogP contribution in [0.1, 0.15) is 30.3 Å². The van der Waals surface area contributed by atoms with E-state index in [-0.39, 0.29) is 0 Å². The van der Waals surface area contributed by atoms with Crippen molar-refractivity contribution in [2.24, 2.45) is 5.73 Å². The number of nitrogens with zero attached hydrogens (tertiary/aromatic N) is 2. The first-order valence-electron chi connectivity index (χ1n) is 5.54. The third-order valence-corrected chi connectivity index (χ3v) is 4.61. The lowest BCUT2D eigenvalue weighted by Gasteiger charge is -2.02. The highest BCUT2D eigenvalue weighted by Crippen LogP contribution is 2.34. The van der Waals surface area contributed by atoms with Crippen LogP contribution in [0.5, 0.6) is 0 Å². The lowest BCUT2D eigenvalue weighted by Crippen LogP contribution is -1.99. The number of nitrogens with two attached hydrogens (primary N) is 1. The molecule has 0 fully saturated rings. The molecule has 2 rings (SSSR count). The molecule has 0 radical (unpaired) electrons. The van der Waals surface area contributed by atoms with Crippen LogP contribution >= 0.6 is 43.2 Å². The van der Waals surface area contributed by atoms with Gasteiger partial charge in [-0.1, -0.05) is 13.8 Å². The number of hydrogen-bond acceptors (Lipinski definition) is 4. The van der Waals surface area contributed by atoms with Gasteiger partial charge in [-0.3, -0.25) is 4.98 Å². The van der Waals surface area contributed by atoms with Crippen molar-refractivity contribution in [3.8, 4) is 10.7 Å². The average Bonchev–Trinajstić information content (AvgIpc) is 2.73. The van der Waals surface area contributed by atoms with E-state index in [4.69, 9.17) is 5.73 Å². The number of hydrogen-bond donors (Lipinski definition) is 1. The van der Waals surface area contributed by atoms with Gasteiger partial charge in [-0.25, -0.2) is 4.98 Å². The molecule has 0 saturated carbocycles. The maximum absolute atomic E-state index is 5.77. The summed E-state index contributed by atoms with van der Waals surface area (Å²) < 4.78 is 1.88. The molecular weight excluding hydrogens is 378 g/mol. The van der Waals surface area contributed by atoms with Crippen molar-refractivity contribution in [2.45, 2.75) is 26.3 Å². The molecule has 2 aromatic heterocycles. The van der Waals surface area contributed by atoms with E-state index < -0.39 is 0 Å². The van der Waals surface area contributed by atoms with Crippen LogP contribution in [0.4, 0.5) is 0 Å². The summed E-state index contributed by atoms with van der Waals surface area (Å²) in [5.74, 6) is 0.378. The summed E-state index contributed by atoms with van der Waals surface area (Å²) in [6, 6.07) is 1.97. The fourth-order valence-electron chi connectivity index (χ4n) is 1.63. The monoisotopic (exact) mass is 389 g/mol. The second kappa shape index (κ2) is 5.77. The Bertz CT molecular complexity index is 566. The van der Waals surface area contributed by atoms with Gasteiger partial charge < -0.3 is 5.73 Å². The highest BCUT2D eigenvalue weighted by Gasteiger charge is 2.16. The highest BCUT2D eigenvalue weighted by molar-refractivity contribution is 9.11. The van der Waals surface area contributed by atoms with Gasteiger partial charge >= 0.3 is 0 Å². The summed E-state index contributed by atoms with van der Waals surface area (Å²) in [4.78, 5) is 10.2. The summed E-state index contributed by atoms with van der Waals surface area (Å²) in [5.41, 5.74) is 7.72. The molecule has 0 atom stereocenters. The van der Waals surface area contributed by atoms with Gasteiger partial charge in [0.25, 0.3) is 0 Å². The van der Waals surface area contributed by atoms with Crippen molar-refractivity contribution >= 4 is 43.2 Å². The Balaban J connectivity index is 2.51. The standard InChI is InChI=1S/C12H13Br2N3S/c1-6(2)10-9(4-15)18-12(17-10)11-8(14)3-7(13)5-16-11/h3,5-6H,4,15H2,1-2H3. The highest BCUT2D eigenvalue weighted by atomic mass is 79.9. The van der Waals surface area contributed by atoms with Gasteiger partial charge in [-0.2, -0.15) is 0 Å². The molecule has 0 bridgehead atoms. The van der Waals surface area contributed by atoms with Crippen molar-refractivity contribution in [3.63, 3.8) is 0 Å². The molecule has 3 nitrogen and oxygen atoms in total. The molecular formula is C12H13Br2N3S. The molecule has 2 N–H and O–H groups in total. The molecule has 0 aliphatic heterocycles. The van der Waals surface area contributed by atoms with Gasteiger partial charge in [0.1, 0.15) is 10.7 Å². The Kier molecular flexibility index (Phi) is 4.53. The molecule has 18 heavy (non-hydrogen) atoms. The fraction of sp³-hybridized carbons (Fsp3) is 0.333. The Morgan fingerprint density at radius 1 is 1.39 bits per heavy atom. The van der Waals surface area contributed by atoms with Crippen molar-refractivity contribution in [1.29, 1.82) is 0 Å². The molecule has 0 amide bonds. The molecule has 0 unspecified atom stereocenters. The van der Waals surface area contributed by atoms with E-state index in [1.807, 2.05) is 6.07 Å². The van der Waals surface area contributed by atoms with Crippen LogP contribution in [-0.4, -0.2) is 9.97 Å². The number of aromatic nitrogens is 2. The molecule has 0 aromatic carbocycles. The minimum absolute atomic E-state index is 0.378. The SMILES string of the molecule is CC(C)c1nc(-c2ncc(Br)cc2Br)sc1CN.